The van der Waals surface area contributed by atoms with E-state index in [-0.39, 0.29) is 22.9 Å². The van der Waals surface area contributed by atoms with E-state index in [1.165, 1.54) is 13.2 Å². The second-order valence-electron chi connectivity index (χ2n) is 6.59. The first-order valence-electron chi connectivity index (χ1n) is 8.12. The summed E-state index contributed by atoms with van der Waals surface area (Å²) in [6.07, 6.45) is 0.899. The van der Waals surface area contributed by atoms with Crippen LogP contribution in [0.3, 0.4) is 0 Å². The van der Waals surface area contributed by atoms with Crippen molar-refractivity contribution in [3.63, 3.8) is 0 Å². The molecule has 6 heteroatoms. The Balaban J connectivity index is 1.62. The summed E-state index contributed by atoms with van der Waals surface area (Å²) < 4.78 is 18.8. The molecule has 1 aromatic carbocycles. The number of hydrogen-bond acceptors (Lipinski definition) is 4. The van der Waals surface area contributed by atoms with Crippen LogP contribution < -0.4 is 15.0 Å². The highest BCUT2D eigenvalue weighted by Gasteiger charge is 2.39. The second-order valence-corrected chi connectivity index (χ2v) is 6.59. The largest absolute Gasteiger partial charge is 0.494 e. The molecule has 0 aromatic heterocycles. The molecule has 3 rings (SSSR count). The number of nitrogens with one attached hydrogen (secondary N) is 1. The number of anilines is 1. The Kier molecular flexibility index (Phi) is 4.43. The first-order chi connectivity index (χ1) is 11.0. The Bertz CT molecular complexity index is 579. The van der Waals surface area contributed by atoms with Gasteiger partial charge in [0.2, 0.25) is 5.91 Å². The molecule has 5 nitrogen and oxygen atoms in total. The molecule has 1 amide bonds. The normalized spacial score (nSPS) is 24.8. The summed E-state index contributed by atoms with van der Waals surface area (Å²) in [6.45, 7) is 6.52. The van der Waals surface area contributed by atoms with Crippen molar-refractivity contribution in [2.45, 2.75) is 13.3 Å². The molecule has 0 spiro atoms. The second kappa shape index (κ2) is 6.35. The van der Waals surface area contributed by atoms with Gasteiger partial charge in [-0.1, -0.05) is 0 Å². The molecular formula is C17H24FN3O2. The van der Waals surface area contributed by atoms with Gasteiger partial charge in [0.05, 0.1) is 12.5 Å². The zero-order chi connectivity index (χ0) is 16.4. The minimum atomic E-state index is -0.354. The Morgan fingerprint density at radius 3 is 2.61 bits per heavy atom. The van der Waals surface area contributed by atoms with Crippen LogP contribution in [-0.2, 0) is 4.79 Å². The molecule has 0 saturated carbocycles. The van der Waals surface area contributed by atoms with Gasteiger partial charge in [-0.15, -0.1) is 0 Å². The minimum Gasteiger partial charge on any atom is -0.494 e. The summed E-state index contributed by atoms with van der Waals surface area (Å²) in [7, 11) is 1.46. The van der Waals surface area contributed by atoms with Gasteiger partial charge in [0, 0.05) is 44.5 Å². The van der Waals surface area contributed by atoms with Crippen LogP contribution in [0.15, 0.2) is 18.2 Å². The number of carbonyl (C=O) groups excluding carboxylic acids is 1. The number of halogens is 1. The lowest BCUT2D eigenvalue weighted by Crippen LogP contribution is -2.53. The van der Waals surface area contributed by atoms with Crippen LogP contribution in [0.2, 0.25) is 0 Å². The monoisotopic (exact) mass is 321 g/mol. The van der Waals surface area contributed by atoms with E-state index < -0.39 is 0 Å². The number of nitrogens with zero attached hydrogens (tertiary/aromatic N) is 2. The van der Waals surface area contributed by atoms with Gasteiger partial charge in [-0.2, -0.15) is 0 Å². The average molecular weight is 321 g/mol. The lowest BCUT2D eigenvalue weighted by molar-refractivity contribution is -0.140. The van der Waals surface area contributed by atoms with Crippen LogP contribution in [0.4, 0.5) is 10.1 Å². The van der Waals surface area contributed by atoms with Gasteiger partial charge >= 0.3 is 0 Å². The summed E-state index contributed by atoms with van der Waals surface area (Å²) in [6, 6.07) is 5.01. The number of rotatable bonds is 3. The number of benzene rings is 1. The molecular weight excluding hydrogens is 297 g/mol. The highest BCUT2D eigenvalue weighted by atomic mass is 19.1. The fraction of sp³-hybridized carbons (Fsp3) is 0.588. The standard InChI is InChI=1S/C17H24FN3O2/c1-17(5-6-19-12-17)16(22)21-9-7-20(8-10-21)13-3-4-15(23-2)14(18)11-13/h3-4,11,19H,5-10,12H2,1-2H3/t17-/m1/s1. The summed E-state index contributed by atoms with van der Waals surface area (Å²) >= 11 is 0. The lowest BCUT2D eigenvalue weighted by Gasteiger charge is -2.39. The summed E-state index contributed by atoms with van der Waals surface area (Å²) in [4.78, 5) is 16.8. The third kappa shape index (κ3) is 3.13. The molecule has 2 aliphatic heterocycles. The predicted octanol–water partition coefficient (Wildman–Crippen LogP) is 1.48. The van der Waals surface area contributed by atoms with Crippen LogP contribution in [0, 0.1) is 11.2 Å². The maximum absolute atomic E-state index is 13.8. The quantitative estimate of drug-likeness (QED) is 0.916. The SMILES string of the molecule is COc1ccc(N2CCN(C(=O)[C@]3(C)CCNC3)CC2)cc1F. The summed E-state index contributed by atoms with van der Waals surface area (Å²) in [5.74, 6) is 0.139. The van der Waals surface area contributed by atoms with Crippen molar-refractivity contribution in [3.05, 3.63) is 24.0 Å². The van der Waals surface area contributed by atoms with E-state index in [2.05, 4.69) is 10.2 Å². The molecule has 1 N–H and O–H groups in total. The van der Waals surface area contributed by atoms with E-state index in [1.54, 1.807) is 6.07 Å². The molecule has 1 atom stereocenters. The van der Waals surface area contributed by atoms with Gasteiger partial charge in [-0.25, -0.2) is 4.39 Å². The van der Waals surface area contributed by atoms with Gasteiger partial charge in [-0.05, 0) is 32.0 Å². The van der Waals surface area contributed by atoms with E-state index in [0.717, 1.165) is 38.3 Å². The Morgan fingerprint density at radius 2 is 2.04 bits per heavy atom. The van der Waals surface area contributed by atoms with Crippen molar-refractivity contribution in [2.75, 3.05) is 51.3 Å². The van der Waals surface area contributed by atoms with Gasteiger partial charge in [-0.3, -0.25) is 4.79 Å². The fourth-order valence-corrected chi connectivity index (χ4v) is 3.40. The van der Waals surface area contributed by atoms with E-state index in [4.69, 9.17) is 4.74 Å². The average Bonchev–Trinajstić information content (AvgIpc) is 3.02. The van der Waals surface area contributed by atoms with E-state index in [0.29, 0.717) is 13.1 Å². The van der Waals surface area contributed by atoms with Crippen LogP contribution in [-0.4, -0.2) is 57.2 Å². The van der Waals surface area contributed by atoms with Crippen molar-refractivity contribution in [1.82, 2.24) is 10.2 Å². The maximum Gasteiger partial charge on any atom is 0.229 e. The number of piperazine rings is 1. The lowest BCUT2D eigenvalue weighted by atomic mass is 9.88. The van der Waals surface area contributed by atoms with Gasteiger partial charge < -0.3 is 19.9 Å². The van der Waals surface area contributed by atoms with E-state index in [9.17, 15) is 9.18 Å². The smallest absolute Gasteiger partial charge is 0.229 e. The van der Waals surface area contributed by atoms with E-state index >= 15 is 0 Å². The molecule has 0 radical (unpaired) electrons. The van der Waals surface area contributed by atoms with Crippen LogP contribution in [0.5, 0.6) is 5.75 Å². The van der Waals surface area contributed by atoms with Gasteiger partial charge in [0.15, 0.2) is 11.6 Å². The highest BCUT2D eigenvalue weighted by Crippen LogP contribution is 2.29. The molecule has 23 heavy (non-hydrogen) atoms. The third-order valence-corrected chi connectivity index (χ3v) is 4.95. The number of carbonyl (C=O) groups is 1. The minimum absolute atomic E-state index is 0.239. The summed E-state index contributed by atoms with van der Waals surface area (Å²) in [5, 5.41) is 3.27. The fourth-order valence-electron chi connectivity index (χ4n) is 3.40. The van der Waals surface area contributed by atoms with Crippen molar-refractivity contribution in [1.29, 1.82) is 0 Å². The topological polar surface area (TPSA) is 44.8 Å². The number of hydrogen-bond donors (Lipinski definition) is 1. The van der Waals surface area contributed by atoms with Gasteiger partial charge in [0.25, 0.3) is 0 Å². The summed E-state index contributed by atoms with van der Waals surface area (Å²) in [5.41, 5.74) is 0.568. The molecule has 2 fully saturated rings. The van der Waals surface area contributed by atoms with Gasteiger partial charge in [0.1, 0.15) is 0 Å². The van der Waals surface area contributed by atoms with E-state index in [1.807, 2.05) is 17.9 Å². The Hall–Kier alpha value is -1.82. The zero-order valence-corrected chi connectivity index (χ0v) is 13.8. The molecule has 2 saturated heterocycles. The van der Waals surface area contributed by atoms with Crippen molar-refractivity contribution >= 4 is 11.6 Å². The number of amides is 1. The first-order valence-corrected chi connectivity index (χ1v) is 8.12. The molecule has 1 aromatic rings. The maximum atomic E-state index is 13.8. The van der Waals surface area contributed by atoms with Crippen LogP contribution >= 0.6 is 0 Å². The van der Waals surface area contributed by atoms with Crippen molar-refractivity contribution in [2.24, 2.45) is 5.41 Å². The third-order valence-electron chi connectivity index (χ3n) is 4.95. The number of ether oxygens (including phenoxy) is 1. The molecule has 126 valence electrons. The van der Waals surface area contributed by atoms with Crippen molar-refractivity contribution < 1.29 is 13.9 Å². The predicted molar refractivity (Wildman–Crippen MR) is 87.3 cm³/mol. The number of methoxy groups -OCH3 is 1. The van der Waals surface area contributed by atoms with Crippen LogP contribution in [0.1, 0.15) is 13.3 Å². The first kappa shape index (κ1) is 16.1. The Labute approximate surface area is 136 Å². The Morgan fingerprint density at radius 1 is 1.30 bits per heavy atom. The molecule has 0 bridgehead atoms. The van der Waals surface area contributed by atoms with Crippen LogP contribution in [0.25, 0.3) is 0 Å². The molecule has 0 aliphatic carbocycles. The highest BCUT2D eigenvalue weighted by molar-refractivity contribution is 5.83. The van der Waals surface area contributed by atoms with Crippen molar-refractivity contribution in [3.8, 4) is 5.75 Å². The molecule has 2 aliphatic rings. The molecule has 2 heterocycles. The zero-order valence-electron chi connectivity index (χ0n) is 13.8. The molecule has 0 unspecified atom stereocenters.